The van der Waals surface area contributed by atoms with Crippen LogP contribution >= 0.6 is 39.0 Å². The third-order valence-corrected chi connectivity index (χ3v) is 7.02. The van der Waals surface area contributed by atoms with Crippen LogP contribution in [0.1, 0.15) is 16.7 Å². The standard InChI is InChI=1S/C21H14BrN5O3S2/c1-10-6-16(11(2)5-14(10)22)27-19(29)13(18(28)26-21(27)30)8-24-20-25-15-4-3-12(31-9-23)7-17(15)32-20/h3-8,29H,1-2H3,(H,26,28,30). The molecule has 0 spiro atoms. The fraction of sp³-hybridized carbons (Fsp3) is 0.0952. The summed E-state index contributed by atoms with van der Waals surface area (Å²) < 4.78 is 2.74. The Morgan fingerprint density at radius 3 is 2.81 bits per heavy atom. The van der Waals surface area contributed by atoms with Crippen LogP contribution in [0.5, 0.6) is 5.88 Å². The van der Waals surface area contributed by atoms with Gasteiger partial charge >= 0.3 is 5.69 Å². The van der Waals surface area contributed by atoms with Gasteiger partial charge in [0.2, 0.25) is 11.0 Å². The molecule has 0 aliphatic heterocycles. The molecule has 2 N–H and O–H groups in total. The van der Waals surface area contributed by atoms with E-state index >= 15 is 0 Å². The summed E-state index contributed by atoms with van der Waals surface area (Å²) in [5, 5.41) is 22.0. The van der Waals surface area contributed by atoms with Gasteiger partial charge in [-0.2, -0.15) is 5.26 Å². The first-order valence-corrected chi connectivity index (χ1v) is 11.6. The van der Waals surface area contributed by atoms with Crippen LogP contribution in [0.3, 0.4) is 0 Å². The van der Waals surface area contributed by atoms with E-state index < -0.39 is 17.1 Å². The number of hydrogen-bond donors (Lipinski definition) is 2. The number of nitrogens with one attached hydrogen (secondary N) is 1. The number of thiazole rings is 1. The third kappa shape index (κ3) is 4.12. The van der Waals surface area contributed by atoms with E-state index in [1.807, 2.05) is 24.5 Å². The van der Waals surface area contributed by atoms with Crippen LogP contribution < -0.4 is 11.2 Å². The number of aliphatic imine (C=N–C) groups is 1. The average molecular weight is 528 g/mol. The highest BCUT2D eigenvalue weighted by molar-refractivity contribution is 9.10. The zero-order chi connectivity index (χ0) is 23.0. The number of thiocyanates is 1. The Morgan fingerprint density at radius 1 is 1.28 bits per heavy atom. The molecule has 8 nitrogen and oxygen atoms in total. The number of hydrogen-bond acceptors (Lipinski definition) is 8. The number of aromatic nitrogens is 3. The molecule has 0 saturated heterocycles. The van der Waals surface area contributed by atoms with Crippen LogP contribution in [0.2, 0.25) is 0 Å². The van der Waals surface area contributed by atoms with Gasteiger partial charge < -0.3 is 5.11 Å². The van der Waals surface area contributed by atoms with Crippen LogP contribution in [0.4, 0.5) is 5.13 Å². The number of aryl methyl sites for hydroxylation is 2. The van der Waals surface area contributed by atoms with E-state index in [2.05, 4.69) is 30.9 Å². The van der Waals surface area contributed by atoms with Gasteiger partial charge in [-0.25, -0.2) is 19.3 Å². The number of aromatic hydroxyl groups is 1. The van der Waals surface area contributed by atoms with Crippen LogP contribution in [0, 0.1) is 24.5 Å². The normalized spacial score (nSPS) is 11.3. The summed E-state index contributed by atoms with van der Waals surface area (Å²) >= 11 is 5.77. The molecule has 0 bridgehead atoms. The predicted molar refractivity (Wildman–Crippen MR) is 130 cm³/mol. The Balaban J connectivity index is 1.79. The molecule has 0 amide bonds. The number of halogens is 1. The van der Waals surface area contributed by atoms with Crippen molar-refractivity contribution in [2.45, 2.75) is 18.7 Å². The van der Waals surface area contributed by atoms with Crippen molar-refractivity contribution in [2.75, 3.05) is 0 Å². The first-order valence-electron chi connectivity index (χ1n) is 9.14. The second-order valence-corrected chi connectivity index (χ2v) is 9.52. The number of nitrogens with zero attached hydrogens (tertiary/aromatic N) is 4. The zero-order valence-corrected chi connectivity index (χ0v) is 19.9. The maximum absolute atomic E-state index is 12.5. The zero-order valence-electron chi connectivity index (χ0n) is 16.7. The van der Waals surface area contributed by atoms with Crippen molar-refractivity contribution in [3.8, 4) is 17.0 Å². The van der Waals surface area contributed by atoms with Gasteiger partial charge in [-0.15, -0.1) is 0 Å². The molecule has 2 heterocycles. The van der Waals surface area contributed by atoms with Crippen LogP contribution in [0.15, 0.2) is 54.3 Å². The monoisotopic (exact) mass is 527 g/mol. The average Bonchev–Trinajstić information content (AvgIpc) is 3.13. The second-order valence-electron chi connectivity index (χ2n) is 6.80. The first kappa shape index (κ1) is 22.0. The van der Waals surface area contributed by atoms with Crippen molar-refractivity contribution in [3.63, 3.8) is 0 Å². The molecule has 4 rings (SSSR count). The fourth-order valence-corrected chi connectivity index (χ4v) is 4.87. The Bertz CT molecular complexity index is 1560. The number of fused-ring (bicyclic) bond motifs is 1. The minimum atomic E-state index is -0.757. The van der Waals surface area contributed by atoms with Gasteiger partial charge in [0.1, 0.15) is 11.0 Å². The van der Waals surface area contributed by atoms with Crippen LogP contribution in [0.25, 0.3) is 15.9 Å². The van der Waals surface area contributed by atoms with E-state index in [0.717, 1.165) is 41.5 Å². The number of thioether (sulfide) groups is 1. The van der Waals surface area contributed by atoms with Crippen molar-refractivity contribution in [3.05, 3.63) is 72.3 Å². The maximum Gasteiger partial charge on any atom is 0.335 e. The molecule has 0 aliphatic rings. The minimum Gasteiger partial charge on any atom is -0.493 e. The molecular weight excluding hydrogens is 514 g/mol. The summed E-state index contributed by atoms with van der Waals surface area (Å²) in [5.41, 5.74) is 1.07. The van der Waals surface area contributed by atoms with E-state index in [1.165, 1.54) is 17.6 Å². The molecule has 0 radical (unpaired) electrons. The molecular formula is C21H14BrN5O3S2. The molecule has 0 aliphatic carbocycles. The Labute approximate surface area is 198 Å². The number of H-pyrrole nitrogens is 1. The minimum absolute atomic E-state index is 0.162. The number of aromatic amines is 1. The molecule has 2 aromatic carbocycles. The number of nitriles is 1. The number of rotatable bonds is 4. The highest BCUT2D eigenvalue weighted by Crippen LogP contribution is 2.31. The predicted octanol–water partition coefficient (Wildman–Crippen LogP) is 4.54. The molecule has 11 heteroatoms. The maximum atomic E-state index is 12.5. The summed E-state index contributed by atoms with van der Waals surface area (Å²) in [4.78, 5) is 36.5. The topological polar surface area (TPSA) is 124 Å². The van der Waals surface area contributed by atoms with Crippen molar-refractivity contribution >= 4 is 60.6 Å². The lowest BCUT2D eigenvalue weighted by Crippen LogP contribution is -2.31. The van der Waals surface area contributed by atoms with Crippen molar-refractivity contribution in [1.82, 2.24) is 14.5 Å². The SMILES string of the molecule is Cc1cc(-n2c(O)c(C=Nc3nc4ccc(SC#N)cc4s3)c(=O)[nH]c2=O)c(C)cc1Br. The third-order valence-electron chi connectivity index (χ3n) is 4.66. The molecule has 160 valence electrons. The van der Waals surface area contributed by atoms with E-state index in [9.17, 15) is 14.7 Å². The van der Waals surface area contributed by atoms with E-state index in [4.69, 9.17) is 5.26 Å². The Kier molecular flexibility index (Phi) is 6.01. The van der Waals surface area contributed by atoms with Gasteiger partial charge in [0.05, 0.1) is 15.9 Å². The molecule has 0 fully saturated rings. The quantitative estimate of drug-likeness (QED) is 0.228. The van der Waals surface area contributed by atoms with E-state index in [1.54, 1.807) is 25.1 Å². The molecule has 2 aromatic heterocycles. The summed E-state index contributed by atoms with van der Waals surface area (Å²) in [7, 11) is 0. The van der Waals surface area contributed by atoms with Crippen molar-refractivity contribution < 1.29 is 5.11 Å². The highest BCUT2D eigenvalue weighted by Gasteiger charge is 2.17. The van der Waals surface area contributed by atoms with Gasteiger partial charge in [0.15, 0.2) is 0 Å². The fourth-order valence-electron chi connectivity index (χ4n) is 3.07. The van der Waals surface area contributed by atoms with Gasteiger partial charge in [0, 0.05) is 15.6 Å². The van der Waals surface area contributed by atoms with Gasteiger partial charge in [-0.3, -0.25) is 9.78 Å². The van der Waals surface area contributed by atoms with E-state index in [0.29, 0.717) is 16.3 Å². The molecule has 0 atom stereocenters. The summed E-state index contributed by atoms with van der Waals surface area (Å²) in [6.07, 6.45) is 1.19. The largest absolute Gasteiger partial charge is 0.493 e. The van der Waals surface area contributed by atoms with Crippen LogP contribution in [-0.2, 0) is 0 Å². The molecule has 0 saturated carbocycles. The Morgan fingerprint density at radius 2 is 2.06 bits per heavy atom. The lowest BCUT2D eigenvalue weighted by Gasteiger charge is -2.13. The summed E-state index contributed by atoms with van der Waals surface area (Å²) in [6.45, 7) is 3.65. The van der Waals surface area contributed by atoms with Crippen molar-refractivity contribution in [2.24, 2.45) is 4.99 Å². The highest BCUT2D eigenvalue weighted by atomic mass is 79.9. The lowest BCUT2D eigenvalue weighted by molar-refractivity contribution is 0.430. The smallest absolute Gasteiger partial charge is 0.335 e. The number of benzene rings is 2. The molecule has 4 aromatic rings. The van der Waals surface area contributed by atoms with E-state index in [-0.39, 0.29) is 5.56 Å². The lowest BCUT2D eigenvalue weighted by atomic mass is 10.1. The molecule has 0 unspecified atom stereocenters. The second kappa shape index (κ2) is 8.74. The van der Waals surface area contributed by atoms with Crippen molar-refractivity contribution in [1.29, 1.82) is 5.26 Å². The van der Waals surface area contributed by atoms with Gasteiger partial charge in [-0.05, 0) is 67.1 Å². The first-order chi connectivity index (χ1) is 15.3. The Hall–Kier alpha value is -3.20. The summed E-state index contributed by atoms with van der Waals surface area (Å²) in [5.74, 6) is -0.513. The summed E-state index contributed by atoms with van der Waals surface area (Å²) in [6, 6.07) is 8.98. The molecule has 32 heavy (non-hydrogen) atoms. The van der Waals surface area contributed by atoms with Gasteiger partial charge in [0.25, 0.3) is 5.56 Å². The van der Waals surface area contributed by atoms with Gasteiger partial charge in [-0.1, -0.05) is 27.3 Å². The van der Waals surface area contributed by atoms with Crippen LogP contribution in [-0.4, -0.2) is 25.9 Å².